The number of benzene rings is 1. The lowest BCUT2D eigenvalue weighted by Crippen LogP contribution is -1.90. The van der Waals surface area contributed by atoms with Crippen LogP contribution in [0.2, 0.25) is 0 Å². The maximum absolute atomic E-state index is 5.58. The molecule has 2 aromatic rings. The molecule has 1 heterocycles. The highest BCUT2D eigenvalue weighted by atomic mass is 32.2. The third-order valence-electron chi connectivity index (χ3n) is 1.84. The van der Waals surface area contributed by atoms with E-state index in [-0.39, 0.29) is 0 Å². The number of nitrogens with zero attached hydrogens (tertiary/aromatic N) is 1. The maximum Gasteiger partial charge on any atom is 0.181 e. The summed E-state index contributed by atoms with van der Waals surface area (Å²) in [4.78, 5) is 5.15. The van der Waals surface area contributed by atoms with Crippen LogP contribution in [0.3, 0.4) is 0 Å². The second-order valence-corrected chi connectivity index (χ2v) is 5.46. The summed E-state index contributed by atoms with van der Waals surface area (Å²) in [5, 5.41) is 0.600. The smallest absolute Gasteiger partial charge is 0.181 e. The van der Waals surface area contributed by atoms with Crippen molar-refractivity contribution in [2.75, 3.05) is 12.3 Å². The molecule has 84 valence electrons. The van der Waals surface area contributed by atoms with Crippen molar-refractivity contribution in [1.82, 2.24) is 4.98 Å². The molecule has 2 N–H and O–H groups in total. The SMILES string of the molecule is CCOc1cccc(Sc2cnc(N)s2)c1. The van der Waals surface area contributed by atoms with Gasteiger partial charge in [0.1, 0.15) is 5.75 Å². The third-order valence-corrected chi connectivity index (χ3v) is 3.75. The molecule has 0 unspecified atom stereocenters. The van der Waals surface area contributed by atoms with E-state index in [4.69, 9.17) is 10.5 Å². The number of thiazole rings is 1. The lowest BCUT2D eigenvalue weighted by atomic mass is 10.3. The second-order valence-electron chi connectivity index (χ2n) is 3.03. The molecule has 1 aromatic heterocycles. The van der Waals surface area contributed by atoms with Crippen LogP contribution in [0.15, 0.2) is 39.6 Å². The predicted octanol–water partition coefficient (Wildman–Crippen LogP) is 3.28. The van der Waals surface area contributed by atoms with Crippen molar-refractivity contribution in [2.45, 2.75) is 16.0 Å². The number of rotatable bonds is 4. The maximum atomic E-state index is 5.58. The monoisotopic (exact) mass is 252 g/mol. The van der Waals surface area contributed by atoms with Gasteiger partial charge in [-0.05, 0) is 25.1 Å². The van der Waals surface area contributed by atoms with E-state index in [0.29, 0.717) is 11.7 Å². The van der Waals surface area contributed by atoms with E-state index in [9.17, 15) is 0 Å². The van der Waals surface area contributed by atoms with Gasteiger partial charge in [-0.2, -0.15) is 0 Å². The summed E-state index contributed by atoms with van der Waals surface area (Å²) >= 11 is 3.14. The van der Waals surface area contributed by atoms with E-state index in [1.807, 2.05) is 31.2 Å². The minimum atomic E-state index is 0.600. The summed E-state index contributed by atoms with van der Waals surface area (Å²) in [6.07, 6.45) is 1.79. The first-order valence-electron chi connectivity index (χ1n) is 4.90. The van der Waals surface area contributed by atoms with Crippen molar-refractivity contribution >= 4 is 28.2 Å². The number of hydrogen-bond acceptors (Lipinski definition) is 5. The number of ether oxygens (including phenoxy) is 1. The molecule has 16 heavy (non-hydrogen) atoms. The zero-order valence-corrected chi connectivity index (χ0v) is 10.5. The van der Waals surface area contributed by atoms with Crippen molar-refractivity contribution in [1.29, 1.82) is 0 Å². The van der Waals surface area contributed by atoms with E-state index in [2.05, 4.69) is 4.98 Å². The van der Waals surface area contributed by atoms with Crippen LogP contribution in [0, 0.1) is 0 Å². The first kappa shape index (κ1) is 11.3. The van der Waals surface area contributed by atoms with Gasteiger partial charge in [0.2, 0.25) is 0 Å². The van der Waals surface area contributed by atoms with Gasteiger partial charge in [0.25, 0.3) is 0 Å². The van der Waals surface area contributed by atoms with E-state index >= 15 is 0 Å². The van der Waals surface area contributed by atoms with Gasteiger partial charge < -0.3 is 10.5 Å². The van der Waals surface area contributed by atoms with Gasteiger partial charge in [-0.3, -0.25) is 0 Å². The molecule has 0 saturated heterocycles. The van der Waals surface area contributed by atoms with Crippen molar-refractivity contribution in [3.8, 4) is 5.75 Å². The molecule has 0 saturated carbocycles. The third kappa shape index (κ3) is 2.90. The lowest BCUT2D eigenvalue weighted by Gasteiger charge is -2.04. The topological polar surface area (TPSA) is 48.1 Å². The molecule has 5 heteroatoms. The van der Waals surface area contributed by atoms with Crippen LogP contribution in [-0.4, -0.2) is 11.6 Å². The van der Waals surface area contributed by atoms with Gasteiger partial charge in [0.15, 0.2) is 5.13 Å². The van der Waals surface area contributed by atoms with Crippen molar-refractivity contribution in [3.63, 3.8) is 0 Å². The Morgan fingerprint density at radius 2 is 2.38 bits per heavy atom. The molecule has 0 fully saturated rings. The Bertz CT molecular complexity index is 471. The van der Waals surface area contributed by atoms with E-state index < -0.39 is 0 Å². The molecule has 0 atom stereocenters. The Morgan fingerprint density at radius 3 is 3.06 bits per heavy atom. The van der Waals surface area contributed by atoms with Gasteiger partial charge >= 0.3 is 0 Å². The normalized spacial score (nSPS) is 10.3. The number of nitrogens with two attached hydrogens (primary N) is 1. The Balaban J connectivity index is 2.12. The average molecular weight is 252 g/mol. The number of anilines is 1. The summed E-state index contributed by atoms with van der Waals surface area (Å²) in [7, 11) is 0. The number of hydrogen-bond donors (Lipinski definition) is 1. The average Bonchev–Trinajstić information content (AvgIpc) is 2.65. The molecule has 2 rings (SSSR count). The molecule has 3 nitrogen and oxygen atoms in total. The summed E-state index contributed by atoms with van der Waals surface area (Å²) in [6, 6.07) is 8.00. The zero-order chi connectivity index (χ0) is 11.4. The molecule has 1 aromatic carbocycles. The molecule has 0 amide bonds. The van der Waals surface area contributed by atoms with Crippen molar-refractivity contribution < 1.29 is 4.74 Å². The molecular weight excluding hydrogens is 240 g/mol. The fourth-order valence-corrected chi connectivity index (χ4v) is 3.02. The molecule has 0 aliphatic rings. The molecule has 0 bridgehead atoms. The standard InChI is InChI=1S/C11H12N2OS2/c1-2-14-8-4-3-5-9(6-8)15-10-7-13-11(12)16-10/h3-7H,2H2,1H3,(H2,12,13). The van der Waals surface area contributed by atoms with E-state index in [1.54, 1.807) is 18.0 Å². The molecule has 0 aliphatic heterocycles. The molecule has 0 aliphatic carbocycles. The number of aromatic nitrogens is 1. The summed E-state index contributed by atoms with van der Waals surface area (Å²) in [5.74, 6) is 0.894. The quantitative estimate of drug-likeness (QED) is 0.907. The number of nitrogen functional groups attached to an aromatic ring is 1. The second kappa shape index (κ2) is 5.23. The minimum Gasteiger partial charge on any atom is -0.494 e. The Morgan fingerprint density at radius 1 is 1.50 bits per heavy atom. The molecule has 0 spiro atoms. The first-order chi connectivity index (χ1) is 7.78. The van der Waals surface area contributed by atoms with E-state index in [0.717, 1.165) is 14.9 Å². The van der Waals surface area contributed by atoms with Crippen molar-refractivity contribution in [3.05, 3.63) is 30.5 Å². The van der Waals surface area contributed by atoms with Crippen LogP contribution >= 0.6 is 23.1 Å². The fraction of sp³-hybridized carbons (Fsp3) is 0.182. The van der Waals surface area contributed by atoms with Crippen LogP contribution in [0.1, 0.15) is 6.92 Å². The Kier molecular flexibility index (Phi) is 3.69. The predicted molar refractivity (Wildman–Crippen MR) is 68.3 cm³/mol. The Hall–Kier alpha value is -1.20. The minimum absolute atomic E-state index is 0.600. The van der Waals surface area contributed by atoms with E-state index in [1.165, 1.54) is 11.3 Å². The van der Waals surface area contributed by atoms with Crippen LogP contribution in [-0.2, 0) is 0 Å². The van der Waals surface area contributed by atoms with Gasteiger partial charge in [0.05, 0.1) is 17.0 Å². The van der Waals surface area contributed by atoms with Gasteiger partial charge in [-0.1, -0.05) is 29.2 Å². The summed E-state index contributed by atoms with van der Waals surface area (Å²) in [5.41, 5.74) is 5.58. The largest absolute Gasteiger partial charge is 0.494 e. The Labute approximate surface area is 103 Å². The molecule has 0 radical (unpaired) electrons. The first-order valence-corrected chi connectivity index (χ1v) is 6.53. The van der Waals surface area contributed by atoms with Gasteiger partial charge in [-0.25, -0.2) is 4.98 Å². The van der Waals surface area contributed by atoms with Crippen LogP contribution in [0.5, 0.6) is 5.75 Å². The summed E-state index contributed by atoms with van der Waals surface area (Å²) < 4.78 is 6.53. The summed E-state index contributed by atoms with van der Waals surface area (Å²) in [6.45, 7) is 2.66. The van der Waals surface area contributed by atoms with Crippen LogP contribution in [0.25, 0.3) is 0 Å². The fourth-order valence-electron chi connectivity index (χ4n) is 1.23. The highest BCUT2D eigenvalue weighted by Gasteiger charge is 2.02. The van der Waals surface area contributed by atoms with Crippen LogP contribution in [0.4, 0.5) is 5.13 Å². The van der Waals surface area contributed by atoms with Crippen molar-refractivity contribution in [2.24, 2.45) is 0 Å². The van der Waals surface area contributed by atoms with Crippen LogP contribution < -0.4 is 10.5 Å². The zero-order valence-electron chi connectivity index (χ0n) is 8.84. The lowest BCUT2D eigenvalue weighted by molar-refractivity contribution is 0.339. The molecular formula is C11H12N2OS2. The van der Waals surface area contributed by atoms with Gasteiger partial charge in [0, 0.05) is 4.90 Å². The highest BCUT2D eigenvalue weighted by molar-refractivity contribution is 8.01. The van der Waals surface area contributed by atoms with Gasteiger partial charge in [-0.15, -0.1) is 0 Å². The highest BCUT2D eigenvalue weighted by Crippen LogP contribution is 2.34.